The maximum Gasteiger partial charge on any atom is 0.338 e. The molecule has 31 heavy (non-hydrogen) atoms. The van der Waals surface area contributed by atoms with E-state index in [1.807, 2.05) is 37.3 Å². The maximum absolute atomic E-state index is 12.1. The van der Waals surface area contributed by atoms with Gasteiger partial charge < -0.3 is 9.47 Å². The molecule has 3 rings (SSSR count). The first kappa shape index (κ1) is 22.3. The highest BCUT2D eigenvalue weighted by molar-refractivity contribution is 5.89. The zero-order valence-corrected chi connectivity index (χ0v) is 18.0. The molecule has 0 aliphatic rings. The zero-order chi connectivity index (χ0) is 22.1. The summed E-state index contributed by atoms with van der Waals surface area (Å²) in [6.45, 7) is 3.34. The highest BCUT2D eigenvalue weighted by Crippen LogP contribution is 2.23. The van der Waals surface area contributed by atoms with E-state index >= 15 is 0 Å². The summed E-state index contributed by atoms with van der Waals surface area (Å²) in [6, 6.07) is 25.1. The van der Waals surface area contributed by atoms with Crippen molar-refractivity contribution in [2.45, 2.75) is 45.6 Å². The number of rotatable bonds is 9. The standard InChI is InChI=1S/C27H28O4/c1-20(30-27(29)25-10-4-3-5-11-25)8-6-7-9-22-12-14-23(15-13-22)24-16-18-26(19-17-24)31-21(2)28/h3-5,10-20H,6-9H2,1-2H3. The van der Waals surface area contributed by atoms with Crippen LogP contribution in [0.1, 0.15) is 49.0 Å². The minimum atomic E-state index is -0.319. The van der Waals surface area contributed by atoms with Crippen LogP contribution < -0.4 is 4.74 Å². The minimum Gasteiger partial charge on any atom is -0.459 e. The van der Waals surface area contributed by atoms with Gasteiger partial charge in [-0.05, 0) is 73.6 Å². The number of hydrogen-bond donors (Lipinski definition) is 0. The van der Waals surface area contributed by atoms with Gasteiger partial charge in [0, 0.05) is 6.92 Å². The number of ether oxygens (including phenoxy) is 2. The SMILES string of the molecule is CC(=O)Oc1ccc(-c2ccc(CCCCC(C)OC(=O)c3ccccc3)cc2)cc1. The molecule has 0 saturated carbocycles. The average molecular weight is 417 g/mol. The molecule has 0 radical (unpaired) electrons. The molecule has 0 saturated heterocycles. The zero-order valence-electron chi connectivity index (χ0n) is 18.0. The smallest absolute Gasteiger partial charge is 0.338 e. The Bertz CT molecular complexity index is 976. The Kier molecular flexibility index (Phi) is 7.99. The summed E-state index contributed by atoms with van der Waals surface area (Å²) >= 11 is 0. The molecule has 0 spiro atoms. The van der Waals surface area contributed by atoms with E-state index in [-0.39, 0.29) is 18.0 Å². The normalized spacial score (nSPS) is 11.5. The van der Waals surface area contributed by atoms with E-state index in [1.54, 1.807) is 24.3 Å². The van der Waals surface area contributed by atoms with Crippen LogP contribution in [0, 0.1) is 0 Å². The van der Waals surface area contributed by atoms with E-state index in [4.69, 9.17) is 9.47 Å². The van der Waals surface area contributed by atoms with E-state index in [0.29, 0.717) is 11.3 Å². The van der Waals surface area contributed by atoms with Crippen LogP contribution in [0.25, 0.3) is 11.1 Å². The predicted molar refractivity (Wildman–Crippen MR) is 122 cm³/mol. The van der Waals surface area contributed by atoms with Gasteiger partial charge >= 0.3 is 11.9 Å². The fourth-order valence-electron chi connectivity index (χ4n) is 3.39. The van der Waals surface area contributed by atoms with E-state index in [0.717, 1.165) is 36.8 Å². The molecular formula is C27H28O4. The van der Waals surface area contributed by atoms with Crippen LogP contribution in [0.2, 0.25) is 0 Å². The number of unbranched alkanes of at least 4 members (excludes halogenated alkanes) is 1. The molecule has 0 fully saturated rings. The van der Waals surface area contributed by atoms with Gasteiger partial charge in [-0.1, -0.05) is 54.6 Å². The van der Waals surface area contributed by atoms with Crippen LogP contribution >= 0.6 is 0 Å². The summed E-state index contributed by atoms with van der Waals surface area (Å²) in [5.74, 6) is -0.0259. The molecule has 0 aliphatic heterocycles. The van der Waals surface area contributed by atoms with Crippen LogP contribution in [0.15, 0.2) is 78.9 Å². The first-order valence-corrected chi connectivity index (χ1v) is 10.6. The molecule has 4 nitrogen and oxygen atoms in total. The highest BCUT2D eigenvalue weighted by atomic mass is 16.5. The number of benzene rings is 3. The molecule has 4 heteroatoms. The van der Waals surface area contributed by atoms with Gasteiger partial charge in [-0.2, -0.15) is 0 Å². The molecule has 0 aliphatic carbocycles. The van der Waals surface area contributed by atoms with Gasteiger partial charge in [0.2, 0.25) is 0 Å². The number of aryl methyl sites for hydroxylation is 1. The Hall–Kier alpha value is -3.40. The summed E-state index contributed by atoms with van der Waals surface area (Å²) in [5.41, 5.74) is 4.08. The van der Waals surface area contributed by atoms with E-state index in [9.17, 15) is 9.59 Å². The van der Waals surface area contributed by atoms with Gasteiger partial charge in [0.05, 0.1) is 11.7 Å². The van der Waals surface area contributed by atoms with Crippen LogP contribution in [0.3, 0.4) is 0 Å². The lowest BCUT2D eigenvalue weighted by molar-refractivity contribution is -0.131. The largest absolute Gasteiger partial charge is 0.459 e. The third kappa shape index (κ3) is 7.10. The molecule has 160 valence electrons. The van der Waals surface area contributed by atoms with Gasteiger partial charge in [0.25, 0.3) is 0 Å². The molecule has 0 amide bonds. The van der Waals surface area contributed by atoms with Crippen molar-refractivity contribution in [1.29, 1.82) is 0 Å². The third-order valence-electron chi connectivity index (χ3n) is 5.05. The maximum atomic E-state index is 12.1. The molecule has 3 aromatic carbocycles. The second kappa shape index (κ2) is 11.1. The second-order valence-corrected chi connectivity index (χ2v) is 7.64. The summed E-state index contributed by atoms with van der Waals surface area (Å²) in [4.78, 5) is 23.1. The van der Waals surface area contributed by atoms with E-state index in [1.165, 1.54) is 12.5 Å². The summed E-state index contributed by atoms with van der Waals surface area (Å²) in [5, 5.41) is 0. The quantitative estimate of drug-likeness (QED) is 0.235. The van der Waals surface area contributed by atoms with Crippen LogP contribution in [-0.4, -0.2) is 18.0 Å². The molecule has 0 heterocycles. The Morgan fingerprint density at radius 3 is 2.03 bits per heavy atom. The van der Waals surface area contributed by atoms with Gasteiger partial charge in [-0.3, -0.25) is 4.79 Å². The lowest BCUT2D eigenvalue weighted by Gasteiger charge is -2.13. The van der Waals surface area contributed by atoms with E-state index in [2.05, 4.69) is 24.3 Å². The topological polar surface area (TPSA) is 52.6 Å². The lowest BCUT2D eigenvalue weighted by Crippen LogP contribution is -2.15. The first-order chi connectivity index (χ1) is 15.0. The Labute approximate surface area is 183 Å². The molecule has 0 N–H and O–H groups in total. The van der Waals surface area contributed by atoms with Gasteiger partial charge in [0.15, 0.2) is 0 Å². The second-order valence-electron chi connectivity index (χ2n) is 7.64. The first-order valence-electron chi connectivity index (χ1n) is 10.6. The molecule has 0 bridgehead atoms. The number of carbonyl (C=O) groups excluding carboxylic acids is 2. The Morgan fingerprint density at radius 2 is 1.42 bits per heavy atom. The van der Waals surface area contributed by atoms with Crippen molar-refractivity contribution in [2.75, 3.05) is 0 Å². The van der Waals surface area contributed by atoms with Crippen molar-refractivity contribution in [3.8, 4) is 16.9 Å². The fourth-order valence-corrected chi connectivity index (χ4v) is 3.39. The minimum absolute atomic E-state index is 0.0926. The summed E-state index contributed by atoms with van der Waals surface area (Å²) in [6.07, 6.45) is 3.80. The van der Waals surface area contributed by atoms with Crippen LogP contribution in [0.5, 0.6) is 5.75 Å². The average Bonchev–Trinajstić information content (AvgIpc) is 2.78. The predicted octanol–water partition coefficient (Wildman–Crippen LogP) is 6.24. The number of hydrogen-bond acceptors (Lipinski definition) is 4. The molecule has 3 aromatic rings. The van der Waals surface area contributed by atoms with Crippen molar-refractivity contribution in [3.05, 3.63) is 90.0 Å². The number of esters is 2. The monoisotopic (exact) mass is 416 g/mol. The highest BCUT2D eigenvalue weighted by Gasteiger charge is 2.11. The fraction of sp³-hybridized carbons (Fsp3) is 0.259. The molecule has 1 unspecified atom stereocenters. The van der Waals surface area contributed by atoms with Crippen LogP contribution in [-0.2, 0) is 16.0 Å². The summed E-state index contributed by atoms with van der Waals surface area (Å²) in [7, 11) is 0. The Balaban J connectivity index is 1.41. The Morgan fingerprint density at radius 1 is 0.806 bits per heavy atom. The third-order valence-corrected chi connectivity index (χ3v) is 5.05. The van der Waals surface area contributed by atoms with E-state index < -0.39 is 0 Å². The summed E-state index contributed by atoms with van der Waals surface area (Å²) < 4.78 is 10.6. The molecular weight excluding hydrogens is 388 g/mol. The van der Waals surface area contributed by atoms with Crippen molar-refractivity contribution in [2.24, 2.45) is 0 Å². The van der Waals surface area contributed by atoms with Crippen LogP contribution in [0.4, 0.5) is 0 Å². The van der Waals surface area contributed by atoms with Crippen molar-refractivity contribution < 1.29 is 19.1 Å². The van der Waals surface area contributed by atoms with Gasteiger partial charge in [0.1, 0.15) is 5.75 Å². The number of carbonyl (C=O) groups is 2. The molecule has 1 atom stereocenters. The molecule has 0 aromatic heterocycles. The lowest BCUT2D eigenvalue weighted by atomic mass is 10.0. The van der Waals surface area contributed by atoms with Crippen molar-refractivity contribution in [3.63, 3.8) is 0 Å². The van der Waals surface area contributed by atoms with Gasteiger partial charge in [-0.25, -0.2) is 4.79 Å². The van der Waals surface area contributed by atoms with Crippen molar-refractivity contribution in [1.82, 2.24) is 0 Å². The van der Waals surface area contributed by atoms with Gasteiger partial charge in [-0.15, -0.1) is 0 Å². The van der Waals surface area contributed by atoms with Crippen molar-refractivity contribution >= 4 is 11.9 Å².